The van der Waals surface area contributed by atoms with Gasteiger partial charge in [0.1, 0.15) is 0 Å². The molecule has 3 nitrogen and oxygen atoms in total. The van der Waals surface area contributed by atoms with Gasteiger partial charge in [-0.05, 0) is 47.3 Å². The van der Waals surface area contributed by atoms with Crippen LogP contribution in [0.2, 0.25) is 5.02 Å². The molecule has 1 atom stereocenters. The van der Waals surface area contributed by atoms with Crippen LogP contribution in [0.4, 0.5) is 0 Å². The summed E-state index contributed by atoms with van der Waals surface area (Å²) in [5.41, 5.74) is 0.492. The number of carbonyl (C=O) groups excluding carboxylic acids is 1. The first-order valence-corrected chi connectivity index (χ1v) is 7.18. The van der Waals surface area contributed by atoms with Crippen LogP contribution >= 0.6 is 27.5 Å². The van der Waals surface area contributed by atoms with Crippen molar-refractivity contribution in [3.8, 4) is 0 Å². The smallest absolute Gasteiger partial charge is 0.255 e. The minimum absolute atomic E-state index is 0.0113. The Morgan fingerprint density at radius 1 is 1.50 bits per heavy atom. The minimum Gasteiger partial charge on any atom is -0.394 e. The quantitative estimate of drug-likeness (QED) is 0.904. The minimum atomic E-state index is -0.0972. The molecule has 1 aromatic carbocycles. The van der Waals surface area contributed by atoms with E-state index >= 15 is 0 Å². The van der Waals surface area contributed by atoms with Crippen molar-refractivity contribution in [3.63, 3.8) is 0 Å². The van der Waals surface area contributed by atoms with Crippen molar-refractivity contribution in [2.24, 2.45) is 0 Å². The molecule has 0 aliphatic carbocycles. The molecule has 0 bridgehead atoms. The molecular formula is C13H15BrClNO2. The second-order valence-electron chi connectivity index (χ2n) is 4.43. The van der Waals surface area contributed by atoms with Crippen molar-refractivity contribution in [2.45, 2.75) is 25.3 Å². The molecule has 2 rings (SSSR count). The molecular weight excluding hydrogens is 318 g/mol. The van der Waals surface area contributed by atoms with Gasteiger partial charge >= 0.3 is 0 Å². The largest absolute Gasteiger partial charge is 0.394 e. The van der Waals surface area contributed by atoms with Gasteiger partial charge < -0.3 is 10.0 Å². The fourth-order valence-electron chi connectivity index (χ4n) is 2.28. The van der Waals surface area contributed by atoms with Gasteiger partial charge in [-0.1, -0.05) is 17.7 Å². The Balaban J connectivity index is 2.27. The number of amides is 1. The van der Waals surface area contributed by atoms with Gasteiger partial charge in [0.2, 0.25) is 0 Å². The molecule has 0 spiro atoms. The molecule has 1 aliphatic heterocycles. The van der Waals surface area contributed by atoms with Crippen LogP contribution < -0.4 is 0 Å². The average Bonchev–Trinajstić information content (AvgIpc) is 2.41. The van der Waals surface area contributed by atoms with Crippen LogP contribution in [0, 0.1) is 0 Å². The topological polar surface area (TPSA) is 40.5 Å². The molecule has 1 aliphatic rings. The van der Waals surface area contributed by atoms with Crippen LogP contribution in [0.1, 0.15) is 29.6 Å². The number of hydrogen-bond donors (Lipinski definition) is 1. The van der Waals surface area contributed by atoms with Crippen molar-refractivity contribution in [3.05, 3.63) is 33.3 Å². The molecule has 1 N–H and O–H groups in total. The van der Waals surface area contributed by atoms with Gasteiger partial charge in [0.15, 0.2) is 0 Å². The summed E-state index contributed by atoms with van der Waals surface area (Å²) in [7, 11) is 0. The van der Waals surface area contributed by atoms with Crippen molar-refractivity contribution < 1.29 is 9.90 Å². The van der Waals surface area contributed by atoms with E-state index in [1.54, 1.807) is 23.1 Å². The first kappa shape index (κ1) is 13.8. The molecule has 18 heavy (non-hydrogen) atoms. The highest BCUT2D eigenvalue weighted by molar-refractivity contribution is 9.10. The van der Waals surface area contributed by atoms with Crippen molar-refractivity contribution in [1.82, 2.24) is 4.90 Å². The Bertz CT molecular complexity index is 453. The van der Waals surface area contributed by atoms with Gasteiger partial charge in [0.25, 0.3) is 5.91 Å². The first-order chi connectivity index (χ1) is 8.65. The van der Waals surface area contributed by atoms with E-state index in [1.807, 2.05) is 0 Å². The van der Waals surface area contributed by atoms with Gasteiger partial charge in [-0.25, -0.2) is 0 Å². The van der Waals surface area contributed by atoms with Gasteiger partial charge in [-0.2, -0.15) is 0 Å². The lowest BCUT2D eigenvalue weighted by atomic mass is 10.0. The van der Waals surface area contributed by atoms with Crippen LogP contribution in [-0.2, 0) is 0 Å². The third-order valence-electron chi connectivity index (χ3n) is 3.28. The van der Waals surface area contributed by atoms with E-state index in [9.17, 15) is 9.90 Å². The van der Waals surface area contributed by atoms with Crippen LogP contribution in [0.5, 0.6) is 0 Å². The maximum Gasteiger partial charge on any atom is 0.255 e. The number of rotatable bonds is 2. The molecule has 0 aromatic heterocycles. The van der Waals surface area contributed by atoms with Crippen molar-refractivity contribution in [1.29, 1.82) is 0 Å². The van der Waals surface area contributed by atoms with E-state index in [2.05, 4.69) is 15.9 Å². The van der Waals surface area contributed by atoms with E-state index in [0.29, 0.717) is 21.6 Å². The highest BCUT2D eigenvalue weighted by Crippen LogP contribution is 2.28. The number of halogens is 2. The molecule has 1 amide bonds. The third kappa shape index (κ3) is 2.71. The molecule has 0 radical (unpaired) electrons. The Morgan fingerprint density at radius 3 is 3.00 bits per heavy atom. The second-order valence-corrected chi connectivity index (χ2v) is 5.66. The first-order valence-electron chi connectivity index (χ1n) is 6.01. The lowest BCUT2D eigenvalue weighted by Gasteiger charge is -2.34. The number of nitrogens with zero attached hydrogens (tertiary/aromatic N) is 1. The number of likely N-dealkylation sites (tertiary alicyclic amines) is 1. The zero-order valence-corrected chi connectivity index (χ0v) is 12.2. The van der Waals surface area contributed by atoms with Gasteiger partial charge in [-0.3, -0.25) is 4.79 Å². The van der Waals surface area contributed by atoms with E-state index in [1.165, 1.54) is 0 Å². The third-order valence-corrected chi connectivity index (χ3v) is 4.58. The van der Waals surface area contributed by atoms with Crippen LogP contribution in [-0.4, -0.2) is 35.1 Å². The average molecular weight is 333 g/mol. The van der Waals surface area contributed by atoms with Crippen LogP contribution in [0.25, 0.3) is 0 Å². The van der Waals surface area contributed by atoms with Crippen LogP contribution in [0.3, 0.4) is 0 Å². The monoisotopic (exact) mass is 331 g/mol. The number of benzene rings is 1. The van der Waals surface area contributed by atoms with Gasteiger partial charge in [-0.15, -0.1) is 0 Å². The lowest BCUT2D eigenvalue weighted by Crippen LogP contribution is -2.45. The Labute approximate surface area is 120 Å². The Hall–Kier alpha value is -0.580. The molecule has 1 unspecified atom stereocenters. The molecule has 0 saturated carbocycles. The summed E-state index contributed by atoms with van der Waals surface area (Å²) in [5.74, 6) is -0.0972. The molecule has 1 fully saturated rings. The summed E-state index contributed by atoms with van der Waals surface area (Å²) in [6, 6.07) is 5.24. The Morgan fingerprint density at radius 2 is 2.28 bits per heavy atom. The maximum atomic E-state index is 12.5. The summed E-state index contributed by atoms with van der Waals surface area (Å²) < 4.78 is 0.715. The highest BCUT2D eigenvalue weighted by Gasteiger charge is 2.28. The summed E-state index contributed by atoms with van der Waals surface area (Å²) in [4.78, 5) is 14.2. The molecule has 1 aromatic rings. The highest BCUT2D eigenvalue weighted by atomic mass is 79.9. The second kappa shape index (κ2) is 6.04. The van der Waals surface area contributed by atoms with Crippen molar-refractivity contribution in [2.75, 3.05) is 13.2 Å². The van der Waals surface area contributed by atoms with Gasteiger partial charge in [0, 0.05) is 11.0 Å². The fourth-order valence-corrected chi connectivity index (χ4v) is 2.85. The van der Waals surface area contributed by atoms with E-state index in [-0.39, 0.29) is 18.6 Å². The summed E-state index contributed by atoms with van der Waals surface area (Å²) >= 11 is 9.46. The molecule has 98 valence electrons. The number of piperidine rings is 1. The van der Waals surface area contributed by atoms with Crippen LogP contribution in [0.15, 0.2) is 22.7 Å². The lowest BCUT2D eigenvalue weighted by molar-refractivity contribution is 0.0503. The van der Waals surface area contributed by atoms with Crippen molar-refractivity contribution >= 4 is 33.4 Å². The van der Waals surface area contributed by atoms with E-state index in [4.69, 9.17) is 11.6 Å². The molecule has 5 heteroatoms. The summed E-state index contributed by atoms with van der Waals surface area (Å²) in [6.45, 7) is 0.699. The zero-order chi connectivity index (χ0) is 13.1. The normalized spacial score (nSPS) is 19.9. The summed E-state index contributed by atoms with van der Waals surface area (Å²) in [6.07, 6.45) is 2.89. The predicted octanol–water partition coefficient (Wildman–Crippen LogP) is 3.09. The summed E-state index contributed by atoms with van der Waals surface area (Å²) in [5, 5.41) is 9.78. The van der Waals surface area contributed by atoms with E-state index < -0.39 is 0 Å². The Kier molecular flexibility index (Phi) is 4.65. The fraction of sp³-hybridized carbons (Fsp3) is 0.462. The number of aliphatic hydroxyl groups is 1. The molecule has 1 saturated heterocycles. The van der Waals surface area contributed by atoms with E-state index in [0.717, 1.165) is 19.3 Å². The zero-order valence-electron chi connectivity index (χ0n) is 9.90. The maximum absolute atomic E-state index is 12.5. The predicted molar refractivity (Wildman–Crippen MR) is 74.9 cm³/mol. The number of carbonyl (C=O) groups is 1. The number of hydrogen-bond acceptors (Lipinski definition) is 2. The SMILES string of the molecule is O=C(c1cccc(Br)c1Cl)N1CCCCC1CO. The number of aliphatic hydroxyl groups excluding tert-OH is 1. The van der Waals surface area contributed by atoms with Gasteiger partial charge in [0.05, 0.1) is 23.2 Å². The standard InChI is InChI=1S/C13H15BrClNO2/c14-11-6-3-5-10(12(11)15)13(18)16-7-2-1-4-9(16)8-17/h3,5-6,9,17H,1-2,4,7-8H2. The molecule has 1 heterocycles.